The maximum Gasteiger partial charge on any atom is 0.0413 e. The minimum absolute atomic E-state index is 0.688. The number of nitrogens with one attached hydrogen (secondary N) is 1. The van der Waals surface area contributed by atoms with Gasteiger partial charge in [0.05, 0.1) is 0 Å². The van der Waals surface area contributed by atoms with E-state index in [0.717, 1.165) is 23.4 Å². The van der Waals surface area contributed by atoms with Gasteiger partial charge >= 0.3 is 0 Å². The van der Waals surface area contributed by atoms with E-state index in [2.05, 4.69) is 45.3 Å². The Morgan fingerprint density at radius 3 is 2.79 bits per heavy atom. The molecule has 0 bridgehead atoms. The van der Waals surface area contributed by atoms with Crippen molar-refractivity contribution in [3.05, 3.63) is 28.5 Å². The Labute approximate surface area is 125 Å². The number of halogens is 1. The molecule has 2 rings (SSSR count). The van der Waals surface area contributed by atoms with Gasteiger partial charge in [0.25, 0.3) is 0 Å². The third kappa shape index (κ3) is 4.88. The second-order valence-corrected chi connectivity index (χ2v) is 6.53. The number of aromatic nitrogens is 1. The SMILES string of the molecule is CCCNC(CCc1ccc(Br)cn1)C1CCCC1. The molecule has 1 atom stereocenters. The van der Waals surface area contributed by atoms with Gasteiger partial charge in [-0.1, -0.05) is 19.8 Å². The smallest absolute Gasteiger partial charge is 0.0413 e. The largest absolute Gasteiger partial charge is 0.314 e. The van der Waals surface area contributed by atoms with E-state index in [1.165, 1.54) is 44.2 Å². The fourth-order valence-electron chi connectivity index (χ4n) is 3.05. The molecule has 0 aliphatic heterocycles. The fourth-order valence-corrected chi connectivity index (χ4v) is 3.29. The van der Waals surface area contributed by atoms with Crippen LogP contribution in [0.25, 0.3) is 0 Å². The van der Waals surface area contributed by atoms with Crippen molar-refractivity contribution in [2.45, 2.75) is 57.9 Å². The zero-order chi connectivity index (χ0) is 13.5. The van der Waals surface area contributed by atoms with Crippen LogP contribution < -0.4 is 5.32 Å². The van der Waals surface area contributed by atoms with Crippen LogP contribution in [0.2, 0.25) is 0 Å². The number of aryl methyl sites for hydroxylation is 1. The van der Waals surface area contributed by atoms with Gasteiger partial charge in [-0.3, -0.25) is 4.98 Å². The Kier molecular flexibility index (Phi) is 6.32. The van der Waals surface area contributed by atoms with Crippen LogP contribution in [0.1, 0.15) is 51.1 Å². The molecule has 106 valence electrons. The Morgan fingerprint density at radius 1 is 1.37 bits per heavy atom. The zero-order valence-electron chi connectivity index (χ0n) is 11.9. The summed E-state index contributed by atoms with van der Waals surface area (Å²) in [5, 5.41) is 3.76. The van der Waals surface area contributed by atoms with E-state index in [9.17, 15) is 0 Å². The highest BCUT2D eigenvalue weighted by Gasteiger charge is 2.24. The summed E-state index contributed by atoms with van der Waals surface area (Å²) < 4.78 is 1.06. The quantitative estimate of drug-likeness (QED) is 0.807. The molecule has 1 aromatic rings. The molecule has 1 aliphatic rings. The van der Waals surface area contributed by atoms with E-state index >= 15 is 0 Å². The van der Waals surface area contributed by atoms with Crippen molar-refractivity contribution in [2.75, 3.05) is 6.54 Å². The second-order valence-electron chi connectivity index (χ2n) is 5.61. The Balaban J connectivity index is 1.86. The lowest BCUT2D eigenvalue weighted by Crippen LogP contribution is -2.36. The summed E-state index contributed by atoms with van der Waals surface area (Å²) >= 11 is 3.44. The first-order chi connectivity index (χ1) is 9.29. The van der Waals surface area contributed by atoms with Crippen molar-refractivity contribution in [1.82, 2.24) is 10.3 Å². The Bertz CT molecular complexity index is 358. The summed E-state index contributed by atoms with van der Waals surface area (Å²) in [5.74, 6) is 0.891. The molecule has 1 unspecified atom stereocenters. The second kappa shape index (κ2) is 8.01. The summed E-state index contributed by atoms with van der Waals surface area (Å²) in [5.41, 5.74) is 1.21. The zero-order valence-corrected chi connectivity index (χ0v) is 13.5. The van der Waals surface area contributed by atoms with E-state index in [4.69, 9.17) is 0 Å². The molecule has 3 heteroatoms. The predicted molar refractivity (Wildman–Crippen MR) is 84.3 cm³/mol. The molecule has 1 saturated carbocycles. The molecule has 0 saturated heterocycles. The van der Waals surface area contributed by atoms with Crippen LogP contribution in [0, 0.1) is 5.92 Å². The average molecular weight is 325 g/mol. The molecule has 1 N–H and O–H groups in total. The van der Waals surface area contributed by atoms with Crippen molar-refractivity contribution >= 4 is 15.9 Å². The topological polar surface area (TPSA) is 24.9 Å². The highest BCUT2D eigenvalue weighted by molar-refractivity contribution is 9.10. The Hall–Kier alpha value is -0.410. The van der Waals surface area contributed by atoms with Crippen molar-refractivity contribution in [3.8, 4) is 0 Å². The van der Waals surface area contributed by atoms with Gasteiger partial charge in [-0.05, 0) is 72.6 Å². The molecule has 19 heavy (non-hydrogen) atoms. The van der Waals surface area contributed by atoms with Crippen molar-refractivity contribution < 1.29 is 0 Å². The average Bonchev–Trinajstić information content (AvgIpc) is 2.95. The van der Waals surface area contributed by atoms with Crippen LogP contribution in [-0.2, 0) is 6.42 Å². The van der Waals surface area contributed by atoms with Crippen molar-refractivity contribution in [1.29, 1.82) is 0 Å². The van der Waals surface area contributed by atoms with Crippen LogP contribution >= 0.6 is 15.9 Å². The van der Waals surface area contributed by atoms with E-state index in [0.29, 0.717) is 6.04 Å². The maximum absolute atomic E-state index is 4.48. The first kappa shape index (κ1) is 15.0. The minimum atomic E-state index is 0.688. The molecule has 0 radical (unpaired) electrons. The molecule has 1 fully saturated rings. The van der Waals surface area contributed by atoms with Crippen LogP contribution in [0.15, 0.2) is 22.8 Å². The molecular weight excluding hydrogens is 300 g/mol. The first-order valence-corrected chi connectivity index (χ1v) is 8.42. The van der Waals surface area contributed by atoms with Gasteiger partial charge in [0.1, 0.15) is 0 Å². The van der Waals surface area contributed by atoms with E-state index in [1.807, 2.05) is 6.20 Å². The summed E-state index contributed by atoms with van der Waals surface area (Å²) in [7, 11) is 0. The van der Waals surface area contributed by atoms with E-state index in [1.54, 1.807) is 0 Å². The lowest BCUT2D eigenvalue weighted by molar-refractivity contribution is 0.340. The number of pyridine rings is 1. The number of hydrogen-bond acceptors (Lipinski definition) is 2. The normalized spacial score (nSPS) is 17.8. The van der Waals surface area contributed by atoms with Gasteiger partial charge in [-0.2, -0.15) is 0 Å². The van der Waals surface area contributed by atoms with Crippen LogP contribution in [0.3, 0.4) is 0 Å². The highest BCUT2D eigenvalue weighted by Crippen LogP contribution is 2.29. The first-order valence-electron chi connectivity index (χ1n) is 7.63. The summed E-state index contributed by atoms with van der Waals surface area (Å²) in [6, 6.07) is 4.91. The third-order valence-electron chi connectivity index (χ3n) is 4.13. The molecule has 1 aliphatic carbocycles. The van der Waals surface area contributed by atoms with Gasteiger partial charge < -0.3 is 5.32 Å². The molecule has 2 nitrogen and oxygen atoms in total. The molecule has 1 heterocycles. The number of hydrogen-bond donors (Lipinski definition) is 1. The minimum Gasteiger partial charge on any atom is -0.314 e. The fraction of sp³-hybridized carbons (Fsp3) is 0.688. The van der Waals surface area contributed by atoms with Crippen LogP contribution in [-0.4, -0.2) is 17.6 Å². The van der Waals surface area contributed by atoms with Crippen LogP contribution in [0.5, 0.6) is 0 Å². The lowest BCUT2D eigenvalue weighted by atomic mass is 9.93. The van der Waals surface area contributed by atoms with Crippen molar-refractivity contribution in [2.24, 2.45) is 5.92 Å². The van der Waals surface area contributed by atoms with Crippen LogP contribution in [0.4, 0.5) is 0 Å². The van der Waals surface area contributed by atoms with E-state index < -0.39 is 0 Å². The third-order valence-corrected chi connectivity index (χ3v) is 4.59. The monoisotopic (exact) mass is 324 g/mol. The van der Waals surface area contributed by atoms with Gasteiger partial charge in [-0.25, -0.2) is 0 Å². The Morgan fingerprint density at radius 2 is 2.16 bits per heavy atom. The summed E-state index contributed by atoms with van der Waals surface area (Å²) in [6.07, 6.45) is 11.1. The highest BCUT2D eigenvalue weighted by atomic mass is 79.9. The van der Waals surface area contributed by atoms with Gasteiger partial charge in [0.2, 0.25) is 0 Å². The predicted octanol–water partition coefficient (Wildman–Crippen LogP) is 4.34. The molecular formula is C16H25BrN2. The maximum atomic E-state index is 4.48. The van der Waals surface area contributed by atoms with E-state index in [-0.39, 0.29) is 0 Å². The molecule has 0 aromatic carbocycles. The standard InChI is InChI=1S/C16H25BrN2/c1-2-11-18-16(13-5-3-4-6-13)10-9-15-8-7-14(17)12-19-15/h7-8,12-13,16,18H,2-6,9-11H2,1H3. The molecule has 1 aromatic heterocycles. The molecule has 0 amide bonds. The summed E-state index contributed by atoms with van der Waals surface area (Å²) in [6.45, 7) is 3.39. The van der Waals surface area contributed by atoms with Gasteiger partial charge in [0.15, 0.2) is 0 Å². The lowest BCUT2D eigenvalue weighted by Gasteiger charge is -2.24. The number of rotatable bonds is 7. The molecule has 0 spiro atoms. The number of nitrogens with zero attached hydrogens (tertiary/aromatic N) is 1. The van der Waals surface area contributed by atoms with Gasteiger partial charge in [0, 0.05) is 22.4 Å². The summed E-state index contributed by atoms with van der Waals surface area (Å²) in [4.78, 5) is 4.48. The van der Waals surface area contributed by atoms with Gasteiger partial charge in [-0.15, -0.1) is 0 Å². The van der Waals surface area contributed by atoms with Crippen molar-refractivity contribution in [3.63, 3.8) is 0 Å².